The maximum absolute atomic E-state index is 13.9. The Labute approximate surface area is 276 Å². The standard InChI is InChI=1S/C34H37F4N3O6S/c1-47-28-10-5-19(33(44)41-13-11-21(12-14-41)48(2,45)46)16-25(28)31(42)40-30-23-8-7-22(24(23)15-18-3-4-18)29(30)32(43)39-20-6-9-27(35)26(17-20)34(36,37)38/h5-6,9-10,15-18,21-23,29-30H,3-4,7-8,11-14H2,1-2H3,(H,39,43)(H,40,42)/b24-15-/t22-,23+,29-,30+/m0/s1. The Hall–Kier alpha value is -3.94. The Bertz CT molecular complexity index is 1770. The van der Waals surface area contributed by atoms with Crippen LogP contribution in [-0.4, -0.2) is 68.8 Å². The predicted molar refractivity (Wildman–Crippen MR) is 169 cm³/mol. The summed E-state index contributed by atoms with van der Waals surface area (Å²) in [7, 11) is -1.85. The number of methoxy groups -OCH3 is 1. The highest BCUT2D eigenvalue weighted by Gasteiger charge is 2.55. The van der Waals surface area contributed by atoms with Crippen molar-refractivity contribution in [2.75, 3.05) is 31.8 Å². The highest BCUT2D eigenvalue weighted by molar-refractivity contribution is 7.91. The molecule has 3 aliphatic carbocycles. The molecule has 1 aliphatic heterocycles. The van der Waals surface area contributed by atoms with Crippen LogP contribution in [0.3, 0.4) is 0 Å². The van der Waals surface area contributed by atoms with E-state index < -0.39 is 56.4 Å². The number of hydrogen-bond acceptors (Lipinski definition) is 6. The number of sulfone groups is 1. The van der Waals surface area contributed by atoms with E-state index in [1.54, 1.807) is 4.90 Å². The van der Waals surface area contributed by atoms with E-state index in [1.165, 1.54) is 31.6 Å². The number of allylic oxidation sites excluding steroid dienone is 1. The summed E-state index contributed by atoms with van der Waals surface area (Å²) in [6, 6.07) is 6.05. The molecule has 48 heavy (non-hydrogen) atoms. The summed E-state index contributed by atoms with van der Waals surface area (Å²) in [6.45, 7) is 0.501. The first kappa shape index (κ1) is 33.9. The minimum Gasteiger partial charge on any atom is -0.496 e. The average Bonchev–Trinajstić information content (AvgIpc) is 3.72. The van der Waals surface area contributed by atoms with Crippen molar-refractivity contribution in [3.05, 3.63) is 70.6 Å². The summed E-state index contributed by atoms with van der Waals surface area (Å²) in [5, 5.41) is 5.03. The van der Waals surface area contributed by atoms with E-state index in [9.17, 15) is 40.4 Å². The highest BCUT2D eigenvalue weighted by Crippen LogP contribution is 2.54. The van der Waals surface area contributed by atoms with Gasteiger partial charge in [0.2, 0.25) is 5.91 Å². The van der Waals surface area contributed by atoms with Crippen molar-refractivity contribution >= 4 is 33.2 Å². The molecule has 14 heteroatoms. The van der Waals surface area contributed by atoms with Crippen molar-refractivity contribution in [2.45, 2.75) is 56.0 Å². The fraction of sp³-hybridized carbons (Fsp3) is 0.500. The Kier molecular flexibility index (Phi) is 9.07. The Morgan fingerprint density at radius 1 is 0.958 bits per heavy atom. The summed E-state index contributed by atoms with van der Waals surface area (Å²) in [6.07, 6.45) is 2.47. The van der Waals surface area contributed by atoms with E-state index in [4.69, 9.17) is 4.74 Å². The second kappa shape index (κ2) is 12.8. The van der Waals surface area contributed by atoms with E-state index in [0.29, 0.717) is 43.7 Å². The van der Waals surface area contributed by atoms with E-state index in [2.05, 4.69) is 16.7 Å². The number of carbonyl (C=O) groups excluding carboxylic acids is 3. The summed E-state index contributed by atoms with van der Waals surface area (Å²) in [5.41, 5.74) is -0.354. The minimum absolute atomic E-state index is 0.0670. The van der Waals surface area contributed by atoms with Crippen LogP contribution in [0.15, 0.2) is 48.0 Å². The molecule has 2 bridgehead atoms. The van der Waals surface area contributed by atoms with Gasteiger partial charge in [-0.3, -0.25) is 14.4 Å². The SMILES string of the molecule is COc1ccc(C(=O)N2CCC(S(C)(=O)=O)CC2)cc1C(=O)N[C@H]1[C@@H](C(=O)Nc2ccc(F)c(C(F)(F)F)c2)[C@H]2CC[C@@H]1/C2=C\C1CC1. The minimum atomic E-state index is -4.95. The number of hydrogen-bond donors (Lipinski definition) is 2. The molecule has 0 aromatic heterocycles. The van der Waals surface area contributed by atoms with Gasteiger partial charge in [-0.2, -0.15) is 13.2 Å². The molecule has 3 saturated carbocycles. The second-order valence-electron chi connectivity index (χ2n) is 13.2. The van der Waals surface area contributed by atoms with Gasteiger partial charge in [0.25, 0.3) is 11.8 Å². The predicted octanol–water partition coefficient (Wildman–Crippen LogP) is 5.23. The third-order valence-electron chi connectivity index (χ3n) is 10.1. The van der Waals surface area contributed by atoms with E-state index in [-0.39, 0.29) is 53.4 Å². The van der Waals surface area contributed by atoms with Gasteiger partial charge in [-0.25, -0.2) is 12.8 Å². The molecule has 0 unspecified atom stereocenters. The van der Waals surface area contributed by atoms with Gasteiger partial charge in [-0.05, 0) is 86.8 Å². The molecule has 258 valence electrons. The molecule has 4 fully saturated rings. The van der Waals surface area contributed by atoms with Crippen LogP contribution in [0.5, 0.6) is 5.75 Å². The summed E-state index contributed by atoms with van der Waals surface area (Å²) in [5.74, 6) is -3.58. The van der Waals surface area contributed by atoms with Gasteiger partial charge < -0.3 is 20.3 Å². The summed E-state index contributed by atoms with van der Waals surface area (Å²) < 4.78 is 83.4. The lowest BCUT2D eigenvalue weighted by atomic mass is 9.83. The lowest BCUT2D eigenvalue weighted by molar-refractivity contribution is -0.140. The number of amides is 3. The van der Waals surface area contributed by atoms with Crippen molar-refractivity contribution < 1.29 is 45.1 Å². The molecule has 0 radical (unpaired) electrons. The zero-order valence-corrected chi connectivity index (χ0v) is 27.3. The molecule has 6 rings (SSSR count). The molecular weight excluding hydrogens is 654 g/mol. The molecular formula is C34H37F4N3O6S. The topological polar surface area (TPSA) is 122 Å². The second-order valence-corrected chi connectivity index (χ2v) is 15.6. The number of benzene rings is 2. The molecule has 9 nitrogen and oxygen atoms in total. The maximum Gasteiger partial charge on any atom is 0.419 e. The third-order valence-corrected chi connectivity index (χ3v) is 11.8. The average molecular weight is 692 g/mol. The lowest BCUT2D eigenvalue weighted by Crippen LogP contribution is -2.48. The third kappa shape index (κ3) is 6.81. The molecule has 0 spiro atoms. The quantitative estimate of drug-likeness (QED) is 0.289. The molecule has 1 saturated heterocycles. The van der Waals surface area contributed by atoms with Crippen molar-refractivity contribution in [3.8, 4) is 5.75 Å². The van der Waals surface area contributed by atoms with Crippen molar-refractivity contribution in [1.82, 2.24) is 10.2 Å². The number of likely N-dealkylation sites (tertiary alicyclic amines) is 1. The number of alkyl halides is 3. The Morgan fingerprint density at radius 2 is 1.65 bits per heavy atom. The Morgan fingerprint density at radius 3 is 2.27 bits per heavy atom. The number of halogens is 4. The van der Waals surface area contributed by atoms with Crippen LogP contribution in [0, 0.1) is 29.5 Å². The Balaban J connectivity index is 1.24. The smallest absolute Gasteiger partial charge is 0.419 e. The van der Waals surface area contributed by atoms with Gasteiger partial charge in [0.05, 0.1) is 29.4 Å². The molecule has 2 aromatic rings. The molecule has 4 aliphatic rings. The van der Waals surface area contributed by atoms with Crippen molar-refractivity contribution in [1.29, 1.82) is 0 Å². The normalized spacial score (nSPS) is 25.3. The van der Waals surface area contributed by atoms with Gasteiger partial charge in [-0.15, -0.1) is 0 Å². The van der Waals surface area contributed by atoms with Gasteiger partial charge in [-0.1, -0.05) is 11.6 Å². The molecule has 2 N–H and O–H groups in total. The zero-order chi connectivity index (χ0) is 34.5. The van der Waals surface area contributed by atoms with Crippen LogP contribution in [0.2, 0.25) is 0 Å². The highest BCUT2D eigenvalue weighted by atomic mass is 32.2. The molecule has 3 amide bonds. The fourth-order valence-corrected chi connectivity index (χ4v) is 8.59. The van der Waals surface area contributed by atoms with Gasteiger partial charge in [0.15, 0.2) is 0 Å². The number of piperidine rings is 1. The summed E-state index contributed by atoms with van der Waals surface area (Å²) >= 11 is 0. The zero-order valence-electron chi connectivity index (χ0n) is 26.5. The first-order valence-electron chi connectivity index (χ1n) is 16.0. The van der Waals surface area contributed by atoms with Crippen molar-refractivity contribution in [3.63, 3.8) is 0 Å². The monoisotopic (exact) mass is 691 g/mol. The van der Waals surface area contributed by atoms with Gasteiger partial charge >= 0.3 is 6.18 Å². The number of ether oxygens (including phenoxy) is 1. The first-order chi connectivity index (χ1) is 22.7. The largest absolute Gasteiger partial charge is 0.496 e. The maximum atomic E-state index is 13.9. The number of nitrogens with zero attached hydrogens (tertiary/aromatic N) is 1. The van der Waals surface area contributed by atoms with Crippen LogP contribution < -0.4 is 15.4 Å². The van der Waals surface area contributed by atoms with Crippen LogP contribution in [0.1, 0.15) is 64.8 Å². The number of carbonyl (C=O) groups is 3. The summed E-state index contributed by atoms with van der Waals surface area (Å²) in [4.78, 5) is 42.7. The van der Waals surface area contributed by atoms with Crippen LogP contribution in [-0.2, 0) is 20.8 Å². The molecule has 2 aromatic carbocycles. The molecule has 1 heterocycles. The fourth-order valence-electron chi connectivity index (χ4n) is 7.52. The van der Waals surface area contributed by atoms with E-state index in [1.807, 2.05) is 0 Å². The first-order valence-corrected chi connectivity index (χ1v) is 18.0. The van der Waals surface area contributed by atoms with E-state index >= 15 is 0 Å². The number of nitrogens with one attached hydrogen (secondary N) is 2. The van der Waals surface area contributed by atoms with Gasteiger partial charge in [0.1, 0.15) is 21.4 Å². The number of fused-ring (bicyclic) bond motifs is 2. The van der Waals surface area contributed by atoms with Crippen LogP contribution in [0.25, 0.3) is 0 Å². The number of rotatable bonds is 8. The van der Waals surface area contributed by atoms with Crippen LogP contribution >= 0.6 is 0 Å². The van der Waals surface area contributed by atoms with E-state index in [0.717, 1.165) is 24.5 Å². The molecule has 4 atom stereocenters. The lowest BCUT2D eigenvalue weighted by Gasteiger charge is -2.31. The van der Waals surface area contributed by atoms with Gasteiger partial charge in [0, 0.05) is 42.6 Å². The van der Waals surface area contributed by atoms with Crippen molar-refractivity contribution in [2.24, 2.45) is 23.7 Å². The number of anilines is 1. The van der Waals surface area contributed by atoms with Crippen LogP contribution in [0.4, 0.5) is 23.2 Å².